The van der Waals surface area contributed by atoms with E-state index in [-0.39, 0.29) is 0 Å². The van der Waals surface area contributed by atoms with E-state index in [9.17, 15) is 22.8 Å². The molecule has 0 aliphatic carbocycles. The molecular formula is C17H19F3N4O3. The first-order valence-electron chi connectivity index (χ1n) is 8.00. The van der Waals surface area contributed by atoms with Gasteiger partial charge in [-0.15, -0.1) is 0 Å². The molecule has 27 heavy (non-hydrogen) atoms. The van der Waals surface area contributed by atoms with Gasteiger partial charge in [0.05, 0.1) is 0 Å². The molecule has 2 N–H and O–H groups in total. The van der Waals surface area contributed by atoms with Crippen molar-refractivity contribution in [3.63, 3.8) is 0 Å². The van der Waals surface area contributed by atoms with Gasteiger partial charge in [0.1, 0.15) is 12.3 Å². The van der Waals surface area contributed by atoms with Crippen LogP contribution >= 0.6 is 0 Å². The van der Waals surface area contributed by atoms with Crippen LogP contribution in [0.25, 0.3) is 0 Å². The molecule has 0 saturated heterocycles. The standard InChI is InChI=1S/C17H19F3N4O3/c1-10-5-4-6-13(11(10)2)27-12(3)16(26)22-21-15(25)9-24-8-7-14(23-24)17(18,19)20/h4-8,12H,9H2,1-3H3,(H,21,25)(H,22,26). The Labute approximate surface area is 153 Å². The summed E-state index contributed by atoms with van der Waals surface area (Å²) in [4.78, 5) is 23.8. The van der Waals surface area contributed by atoms with Crippen molar-refractivity contribution in [1.82, 2.24) is 20.6 Å². The SMILES string of the molecule is Cc1cccc(OC(C)C(=O)NNC(=O)Cn2ccc(C(F)(F)F)n2)c1C. The third kappa shape index (κ3) is 5.47. The van der Waals surface area contributed by atoms with E-state index < -0.39 is 36.3 Å². The van der Waals surface area contributed by atoms with Crippen LogP contribution in [0.3, 0.4) is 0 Å². The third-order valence-corrected chi connectivity index (χ3v) is 3.79. The highest BCUT2D eigenvalue weighted by Crippen LogP contribution is 2.27. The molecule has 2 rings (SSSR count). The number of carbonyl (C=O) groups is 2. The average molecular weight is 384 g/mol. The smallest absolute Gasteiger partial charge is 0.435 e. The first kappa shape index (κ1) is 20.3. The number of nitrogens with zero attached hydrogens (tertiary/aromatic N) is 2. The fourth-order valence-electron chi connectivity index (χ4n) is 2.12. The molecular weight excluding hydrogens is 365 g/mol. The van der Waals surface area contributed by atoms with Gasteiger partial charge in [0.25, 0.3) is 11.8 Å². The molecule has 1 aromatic carbocycles. The minimum atomic E-state index is -4.59. The van der Waals surface area contributed by atoms with Crippen LogP contribution in [0.5, 0.6) is 5.75 Å². The first-order valence-corrected chi connectivity index (χ1v) is 8.00. The molecule has 1 heterocycles. The first-order chi connectivity index (χ1) is 12.6. The zero-order valence-corrected chi connectivity index (χ0v) is 14.9. The van der Waals surface area contributed by atoms with Gasteiger partial charge in [-0.25, -0.2) is 0 Å². The normalized spacial score (nSPS) is 12.4. The van der Waals surface area contributed by atoms with Crippen LogP contribution < -0.4 is 15.6 Å². The Hall–Kier alpha value is -3.04. The number of carbonyl (C=O) groups excluding carboxylic acids is 2. The van der Waals surface area contributed by atoms with E-state index in [4.69, 9.17) is 4.74 Å². The monoisotopic (exact) mass is 384 g/mol. The van der Waals surface area contributed by atoms with Crippen molar-refractivity contribution in [3.8, 4) is 5.75 Å². The van der Waals surface area contributed by atoms with Crippen molar-refractivity contribution in [2.75, 3.05) is 0 Å². The summed E-state index contributed by atoms with van der Waals surface area (Å²) in [5, 5.41) is 3.25. The van der Waals surface area contributed by atoms with Gasteiger partial charge in [-0.05, 0) is 44.0 Å². The Morgan fingerprint density at radius 2 is 1.93 bits per heavy atom. The summed E-state index contributed by atoms with van der Waals surface area (Å²) in [6.45, 7) is 4.79. The lowest BCUT2D eigenvalue weighted by Crippen LogP contribution is -2.48. The van der Waals surface area contributed by atoms with Gasteiger partial charge >= 0.3 is 6.18 Å². The molecule has 1 atom stereocenters. The molecule has 2 amide bonds. The molecule has 0 bridgehead atoms. The van der Waals surface area contributed by atoms with Gasteiger partial charge in [0, 0.05) is 6.20 Å². The van der Waals surface area contributed by atoms with E-state index in [1.165, 1.54) is 6.92 Å². The summed E-state index contributed by atoms with van der Waals surface area (Å²) in [5.74, 6) is -0.806. The predicted molar refractivity (Wildman–Crippen MR) is 89.5 cm³/mol. The molecule has 146 valence electrons. The summed E-state index contributed by atoms with van der Waals surface area (Å²) in [6, 6.07) is 6.18. The Balaban J connectivity index is 1.84. The zero-order chi connectivity index (χ0) is 20.2. The maximum absolute atomic E-state index is 12.5. The average Bonchev–Trinajstić information content (AvgIpc) is 3.05. The maximum atomic E-state index is 12.5. The third-order valence-electron chi connectivity index (χ3n) is 3.79. The van der Waals surface area contributed by atoms with Crippen LogP contribution in [-0.2, 0) is 22.3 Å². The van der Waals surface area contributed by atoms with E-state index in [0.29, 0.717) is 5.75 Å². The second-order valence-electron chi connectivity index (χ2n) is 5.89. The van der Waals surface area contributed by atoms with Crippen molar-refractivity contribution in [3.05, 3.63) is 47.3 Å². The maximum Gasteiger partial charge on any atom is 0.435 e. The number of rotatable bonds is 5. The number of nitrogens with one attached hydrogen (secondary N) is 2. The zero-order valence-electron chi connectivity index (χ0n) is 14.9. The van der Waals surface area contributed by atoms with Gasteiger partial charge in [-0.2, -0.15) is 18.3 Å². The van der Waals surface area contributed by atoms with Crippen LogP contribution in [0.15, 0.2) is 30.5 Å². The fourth-order valence-corrected chi connectivity index (χ4v) is 2.12. The summed E-state index contributed by atoms with van der Waals surface area (Å²) in [6.07, 6.45) is -4.46. The molecule has 1 aromatic heterocycles. The molecule has 0 fully saturated rings. The van der Waals surface area contributed by atoms with E-state index in [1.807, 2.05) is 19.9 Å². The lowest BCUT2D eigenvalue weighted by Gasteiger charge is -2.17. The molecule has 0 aliphatic rings. The number of hydrogen-bond donors (Lipinski definition) is 2. The Morgan fingerprint density at radius 3 is 2.56 bits per heavy atom. The van der Waals surface area contributed by atoms with Crippen molar-refractivity contribution in [1.29, 1.82) is 0 Å². The number of amides is 2. The molecule has 0 radical (unpaired) electrons. The van der Waals surface area contributed by atoms with Gasteiger partial charge in [0.15, 0.2) is 11.8 Å². The second kappa shape index (κ2) is 8.11. The van der Waals surface area contributed by atoms with E-state index in [0.717, 1.165) is 28.1 Å². The number of benzene rings is 1. The fraction of sp³-hybridized carbons (Fsp3) is 0.353. The summed E-state index contributed by atoms with van der Waals surface area (Å²) >= 11 is 0. The van der Waals surface area contributed by atoms with E-state index in [2.05, 4.69) is 16.0 Å². The molecule has 0 saturated carbocycles. The quantitative estimate of drug-likeness (QED) is 0.774. The second-order valence-corrected chi connectivity index (χ2v) is 5.89. The van der Waals surface area contributed by atoms with Crippen LogP contribution in [-0.4, -0.2) is 27.7 Å². The Kier molecular flexibility index (Phi) is 6.09. The lowest BCUT2D eigenvalue weighted by atomic mass is 10.1. The summed E-state index contributed by atoms with van der Waals surface area (Å²) in [5.41, 5.74) is 5.07. The van der Waals surface area contributed by atoms with Crippen molar-refractivity contribution in [2.24, 2.45) is 0 Å². The number of halogens is 3. The Morgan fingerprint density at radius 1 is 1.22 bits per heavy atom. The summed E-state index contributed by atoms with van der Waals surface area (Å²) < 4.78 is 43.8. The van der Waals surface area contributed by atoms with Crippen molar-refractivity contribution < 1.29 is 27.5 Å². The highest BCUT2D eigenvalue weighted by molar-refractivity contribution is 5.84. The van der Waals surface area contributed by atoms with Crippen LogP contribution in [0.2, 0.25) is 0 Å². The minimum Gasteiger partial charge on any atom is -0.481 e. The van der Waals surface area contributed by atoms with Crippen LogP contribution in [0.4, 0.5) is 13.2 Å². The van der Waals surface area contributed by atoms with E-state index in [1.54, 1.807) is 12.1 Å². The number of alkyl halides is 3. The van der Waals surface area contributed by atoms with Crippen LogP contribution in [0, 0.1) is 13.8 Å². The molecule has 0 aliphatic heterocycles. The highest BCUT2D eigenvalue weighted by atomic mass is 19.4. The summed E-state index contributed by atoms with van der Waals surface area (Å²) in [7, 11) is 0. The Bertz CT molecular complexity index is 833. The number of aromatic nitrogens is 2. The molecule has 1 unspecified atom stereocenters. The number of hydrogen-bond acceptors (Lipinski definition) is 4. The van der Waals surface area contributed by atoms with Gasteiger partial charge in [-0.1, -0.05) is 12.1 Å². The van der Waals surface area contributed by atoms with Gasteiger partial charge in [-0.3, -0.25) is 25.1 Å². The molecule has 7 nitrogen and oxygen atoms in total. The lowest BCUT2D eigenvalue weighted by molar-refractivity contribution is -0.141. The molecule has 0 spiro atoms. The van der Waals surface area contributed by atoms with Gasteiger partial charge < -0.3 is 4.74 Å². The topological polar surface area (TPSA) is 85.3 Å². The van der Waals surface area contributed by atoms with Crippen molar-refractivity contribution >= 4 is 11.8 Å². The molecule has 2 aromatic rings. The van der Waals surface area contributed by atoms with Gasteiger partial charge in [0.2, 0.25) is 0 Å². The number of aryl methyl sites for hydroxylation is 1. The van der Waals surface area contributed by atoms with E-state index >= 15 is 0 Å². The number of ether oxygens (including phenoxy) is 1. The largest absolute Gasteiger partial charge is 0.481 e. The molecule has 10 heteroatoms. The van der Waals surface area contributed by atoms with Crippen LogP contribution in [0.1, 0.15) is 23.7 Å². The predicted octanol–water partition coefficient (Wildman–Crippen LogP) is 2.13. The van der Waals surface area contributed by atoms with Crippen molar-refractivity contribution in [2.45, 2.75) is 39.6 Å². The minimum absolute atomic E-state index is 0.484. The highest BCUT2D eigenvalue weighted by Gasteiger charge is 2.33. The number of hydrazine groups is 1.